The monoisotopic (exact) mass is 221 g/mol. The van der Waals surface area contributed by atoms with E-state index in [0.717, 1.165) is 5.56 Å². The van der Waals surface area contributed by atoms with Crippen molar-refractivity contribution in [2.75, 3.05) is 13.7 Å². The summed E-state index contributed by atoms with van der Waals surface area (Å²) in [6.45, 7) is 0.279. The molecule has 0 saturated carbocycles. The van der Waals surface area contributed by atoms with Gasteiger partial charge in [-0.25, -0.2) is 0 Å². The molecule has 1 aliphatic rings. The molecule has 1 heterocycles. The molecule has 1 aromatic rings. The van der Waals surface area contributed by atoms with Gasteiger partial charge in [-0.2, -0.15) is 5.26 Å². The van der Waals surface area contributed by atoms with Crippen molar-refractivity contribution in [3.63, 3.8) is 0 Å². The molecule has 0 saturated heterocycles. The van der Waals surface area contributed by atoms with Gasteiger partial charge in [-0.1, -0.05) is 11.6 Å². The van der Waals surface area contributed by atoms with E-state index in [-0.39, 0.29) is 6.61 Å². The van der Waals surface area contributed by atoms with E-state index in [1.165, 1.54) is 0 Å². The van der Waals surface area contributed by atoms with Gasteiger partial charge in [0.25, 0.3) is 0 Å². The normalized spacial score (nSPS) is 13.3. The fourth-order valence-corrected chi connectivity index (χ4v) is 1.66. The number of hydrogen-bond donors (Lipinski definition) is 0. The van der Waals surface area contributed by atoms with Crippen molar-refractivity contribution in [2.45, 2.75) is 0 Å². The number of ether oxygens (including phenoxy) is 2. The second-order valence-electron chi connectivity index (χ2n) is 3.10. The van der Waals surface area contributed by atoms with E-state index in [9.17, 15) is 0 Å². The third-order valence-corrected chi connectivity index (χ3v) is 2.33. The number of nitrogens with zero attached hydrogens (tertiary/aromatic N) is 1. The van der Waals surface area contributed by atoms with Crippen molar-refractivity contribution < 1.29 is 9.47 Å². The van der Waals surface area contributed by atoms with E-state index >= 15 is 0 Å². The zero-order valence-corrected chi connectivity index (χ0v) is 8.84. The highest BCUT2D eigenvalue weighted by Gasteiger charge is 2.16. The van der Waals surface area contributed by atoms with Crippen molar-refractivity contribution in [2.24, 2.45) is 0 Å². The van der Waals surface area contributed by atoms with Gasteiger partial charge in [0.2, 0.25) is 0 Å². The fraction of sp³-hybridized carbons (Fsp3) is 0.182. The minimum Gasteiger partial charge on any atom is -0.493 e. The lowest BCUT2D eigenvalue weighted by atomic mass is 10.1. The van der Waals surface area contributed by atoms with E-state index in [1.807, 2.05) is 0 Å². The summed E-state index contributed by atoms with van der Waals surface area (Å²) in [5.41, 5.74) is 1.36. The number of fused-ring (bicyclic) bond motifs is 1. The van der Waals surface area contributed by atoms with Crippen molar-refractivity contribution in [1.82, 2.24) is 0 Å². The Morgan fingerprint density at radius 1 is 1.53 bits per heavy atom. The average molecular weight is 222 g/mol. The predicted octanol–water partition coefficient (Wildman–Crippen LogP) is 2.65. The van der Waals surface area contributed by atoms with Gasteiger partial charge >= 0.3 is 0 Å². The standard InChI is InChI=1S/C11H8ClNO2/c1-14-10-4-9(12)3-8-2-7(5-13)6-15-11(8)10/h2-4H,6H2,1H3. The van der Waals surface area contributed by atoms with Gasteiger partial charge < -0.3 is 9.47 Å². The number of halogens is 1. The van der Waals surface area contributed by atoms with Crippen molar-refractivity contribution >= 4 is 17.7 Å². The molecule has 0 aliphatic carbocycles. The van der Waals surface area contributed by atoms with Crippen LogP contribution in [0.3, 0.4) is 0 Å². The van der Waals surface area contributed by atoms with E-state index < -0.39 is 0 Å². The van der Waals surface area contributed by atoms with Gasteiger partial charge in [-0.3, -0.25) is 0 Å². The van der Waals surface area contributed by atoms with E-state index in [0.29, 0.717) is 22.1 Å². The largest absolute Gasteiger partial charge is 0.493 e. The Hall–Kier alpha value is -1.66. The molecule has 0 amide bonds. The van der Waals surface area contributed by atoms with E-state index in [1.54, 1.807) is 25.3 Å². The molecule has 1 aliphatic heterocycles. The van der Waals surface area contributed by atoms with E-state index in [4.69, 9.17) is 26.3 Å². The molecule has 0 bridgehead atoms. The topological polar surface area (TPSA) is 42.2 Å². The molecule has 15 heavy (non-hydrogen) atoms. The first kappa shape index (κ1) is 9.88. The molecule has 0 spiro atoms. The van der Waals surface area contributed by atoms with Gasteiger partial charge in [0.05, 0.1) is 18.8 Å². The highest BCUT2D eigenvalue weighted by Crippen LogP contribution is 2.38. The van der Waals surface area contributed by atoms with Crippen LogP contribution in [0.4, 0.5) is 0 Å². The van der Waals surface area contributed by atoms with Crippen LogP contribution in [-0.4, -0.2) is 13.7 Å². The molecule has 0 atom stereocenters. The number of hydrogen-bond acceptors (Lipinski definition) is 3. The summed E-state index contributed by atoms with van der Waals surface area (Å²) in [6.07, 6.45) is 1.76. The van der Waals surface area contributed by atoms with Crippen molar-refractivity contribution in [3.8, 4) is 17.6 Å². The van der Waals surface area contributed by atoms with Gasteiger partial charge in [-0.15, -0.1) is 0 Å². The number of nitriles is 1. The maximum Gasteiger partial charge on any atom is 0.169 e. The van der Waals surface area contributed by atoms with Crippen LogP contribution in [0.25, 0.3) is 6.08 Å². The van der Waals surface area contributed by atoms with Crippen molar-refractivity contribution in [3.05, 3.63) is 28.3 Å². The summed E-state index contributed by atoms with van der Waals surface area (Å²) >= 11 is 5.90. The molecule has 0 unspecified atom stereocenters. The fourth-order valence-electron chi connectivity index (χ4n) is 1.45. The molecule has 0 aromatic heterocycles. The zero-order chi connectivity index (χ0) is 10.8. The number of rotatable bonds is 1. The first-order valence-corrected chi connectivity index (χ1v) is 4.73. The smallest absolute Gasteiger partial charge is 0.169 e. The van der Waals surface area contributed by atoms with E-state index in [2.05, 4.69) is 6.07 Å². The lowest BCUT2D eigenvalue weighted by molar-refractivity contribution is 0.318. The van der Waals surface area contributed by atoms with Crippen LogP contribution in [0.15, 0.2) is 17.7 Å². The Kier molecular flexibility index (Phi) is 2.53. The number of methoxy groups -OCH3 is 1. The molecule has 0 radical (unpaired) electrons. The second-order valence-corrected chi connectivity index (χ2v) is 3.53. The molecule has 2 rings (SSSR count). The molecule has 0 fully saturated rings. The molecule has 4 heteroatoms. The van der Waals surface area contributed by atoms with Gasteiger partial charge in [0.15, 0.2) is 11.5 Å². The highest BCUT2D eigenvalue weighted by atomic mass is 35.5. The quantitative estimate of drug-likeness (QED) is 0.732. The molecule has 1 aromatic carbocycles. The molecular weight excluding hydrogens is 214 g/mol. The van der Waals surface area contributed by atoms with Crippen LogP contribution in [-0.2, 0) is 0 Å². The zero-order valence-electron chi connectivity index (χ0n) is 8.08. The minimum atomic E-state index is 0.279. The summed E-state index contributed by atoms with van der Waals surface area (Å²) in [7, 11) is 1.55. The van der Waals surface area contributed by atoms with Crippen LogP contribution >= 0.6 is 11.6 Å². The Morgan fingerprint density at radius 3 is 3.00 bits per heavy atom. The maximum absolute atomic E-state index is 8.75. The van der Waals surface area contributed by atoms with Gasteiger partial charge in [-0.05, 0) is 12.1 Å². The second kappa shape index (κ2) is 3.84. The van der Waals surface area contributed by atoms with Crippen molar-refractivity contribution in [1.29, 1.82) is 5.26 Å². The summed E-state index contributed by atoms with van der Waals surface area (Å²) < 4.78 is 10.6. The van der Waals surface area contributed by atoms with Crippen LogP contribution in [0.2, 0.25) is 5.02 Å². The van der Waals surface area contributed by atoms with Crippen LogP contribution in [0.5, 0.6) is 11.5 Å². The third kappa shape index (κ3) is 1.77. The molecule has 0 N–H and O–H groups in total. The third-order valence-electron chi connectivity index (χ3n) is 2.11. The summed E-state index contributed by atoms with van der Waals surface area (Å²) in [4.78, 5) is 0. The average Bonchev–Trinajstić information content (AvgIpc) is 2.26. The summed E-state index contributed by atoms with van der Waals surface area (Å²) in [6, 6.07) is 5.49. The lowest BCUT2D eigenvalue weighted by Gasteiger charge is -2.17. The van der Waals surface area contributed by atoms with Crippen LogP contribution in [0.1, 0.15) is 5.56 Å². The Morgan fingerprint density at radius 2 is 2.33 bits per heavy atom. The molecule has 3 nitrogen and oxygen atoms in total. The predicted molar refractivity (Wildman–Crippen MR) is 57.1 cm³/mol. The molecular formula is C11H8ClNO2. The first-order valence-electron chi connectivity index (χ1n) is 4.35. The first-order chi connectivity index (χ1) is 7.24. The van der Waals surface area contributed by atoms with Crippen LogP contribution < -0.4 is 9.47 Å². The maximum atomic E-state index is 8.75. The SMILES string of the molecule is COc1cc(Cl)cc2c1OCC(C#N)=C2. The molecule has 76 valence electrons. The highest BCUT2D eigenvalue weighted by molar-refractivity contribution is 6.31. The minimum absolute atomic E-state index is 0.279. The summed E-state index contributed by atoms with van der Waals surface area (Å²) in [5.74, 6) is 1.23. The Balaban J connectivity index is 2.58. The Labute approximate surface area is 92.5 Å². The summed E-state index contributed by atoms with van der Waals surface area (Å²) in [5, 5.41) is 9.31. The lowest BCUT2D eigenvalue weighted by Crippen LogP contribution is -2.07. The van der Waals surface area contributed by atoms with Gasteiger partial charge in [0, 0.05) is 16.7 Å². The number of benzene rings is 1. The van der Waals surface area contributed by atoms with Gasteiger partial charge in [0.1, 0.15) is 6.61 Å². The Bertz CT molecular complexity index is 474. The van der Waals surface area contributed by atoms with Crippen LogP contribution in [0, 0.1) is 11.3 Å².